The van der Waals surface area contributed by atoms with Crippen LogP contribution >= 0.6 is 0 Å². The smallest absolute Gasteiger partial charge is 0.236 e. The molecule has 0 atom stereocenters. The molecule has 0 amide bonds. The van der Waals surface area contributed by atoms with Crippen LogP contribution in [0.5, 0.6) is 0 Å². The first-order chi connectivity index (χ1) is 8.79. The van der Waals surface area contributed by atoms with Crippen molar-refractivity contribution >= 4 is 11.6 Å². The Morgan fingerprint density at radius 2 is 1.89 bits per heavy atom. The van der Waals surface area contributed by atoms with Gasteiger partial charge in [-0.3, -0.25) is 4.40 Å². The molecule has 2 heterocycles. The zero-order chi connectivity index (χ0) is 12.5. The molecule has 4 nitrogen and oxygen atoms in total. The van der Waals surface area contributed by atoms with Gasteiger partial charge in [0.25, 0.3) is 0 Å². The van der Waals surface area contributed by atoms with Crippen molar-refractivity contribution in [3.05, 3.63) is 48.3 Å². The molecule has 0 aliphatic carbocycles. The first kappa shape index (κ1) is 10.8. The molecule has 4 heteroatoms. The molecule has 3 aromatic rings. The van der Waals surface area contributed by atoms with Crippen LogP contribution in [-0.4, -0.2) is 14.4 Å². The molecule has 0 radical (unpaired) electrons. The zero-order valence-corrected chi connectivity index (χ0v) is 10.2. The normalized spacial score (nSPS) is 10.9. The van der Waals surface area contributed by atoms with Gasteiger partial charge in [-0.2, -0.15) is 4.98 Å². The largest absolute Gasteiger partial charge is 0.384 e. The van der Waals surface area contributed by atoms with Gasteiger partial charge in [0, 0.05) is 11.8 Å². The molecule has 0 bridgehead atoms. The lowest BCUT2D eigenvalue weighted by atomic mass is 10.1. The molecule has 3 rings (SSSR count). The van der Waals surface area contributed by atoms with E-state index in [-0.39, 0.29) is 0 Å². The summed E-state index contributed by atoms with van der Waals surface area (Å²) in [5.74, 6) is 1.15. The second-order valence-electron chi connectivity index (χ2n) is 4.15. The Labute approximate surface area is 105 Å². The van der Waals surface area contributed by atoms with Crippen molar-refractivity contribution in [1.29, 1.82) is 0 Å². The van der Waals surface area contributed by atoms with E-state index in [1.54, 1.807) is 6.07 Å². The number of nitrogens with zero attached hydrogens (tertiary/aromatic N) is 3. The maximum Gasteiger partial charge on any atom is 0.236 e. The highest BCUT2D eigenvalue weighted by Gasteiger charge is 2.12. The lowest BCUT2D eigenvalue weighted by Gasteiger charge is -2.01. The number of anilines is 1. The molecule has 0 aliphatic heterocycles. The van der Waals surface area contributed by atoms with Gasteiger partial charge < -0.3 is 5.73 Å². The molecule has 0 aliphatic rings. The number of hydrogen-bond acceptors (Lipinski definition) is 3. The highest BCUT2D eigenvalue weighted by molar-refractivity contribution is 5.65. The molecular weight excluding hydrogens is 224 g/mol. The van der Waals surface area contributed by atoms with Crippen LogP contribution in [-0.2, 0) is 6.42 Å². The number of aryl methyl sites for hydroxylation is 1. The number of benzene rings is 1. The summed E-state index contributed by atoms with van der Waals surface area (Å²) in [5, 5.41) is 0. The minimum Gasteiger partial charge on any atom is -0.384 e. The maximum absolute atomic E-state index is 5.70. The number of hydrogen-bond donors (Lipinski definition) is 1. The Hall–Kier alpha value is -2.36. The van der Waals surface area contributed by atoms with Gasteiger partial charge in [-0.25, -0.2) is 4.98 Å². The first-order valence-electron chi connectivity index (χ1n) is 5.98. The third kappa shape index (κ3) is 1.62. The SMILES string of the molecule is CCc1c(-c2ccccc2)nc2nc(N)ccn12. The fourth-order valence-corrected chi connectivity index (χ4v) is 2.16. The van der Waals surface area contributed by atoms with Gasteiger partial charge in [0.2, 0.25) is 5.78 Å². The van der Waals surface area contributed by atoms with Gasteiger partial charge in [0.05, 0.1) is 11.4 Å². The summed E-state index contributed by atoms with van der Waals surface area (Å²) >= 11 is 0. The van der Waals surface area contributed by atoms with Crippen molar-refractivity contribution < 1.29 is 0 Å². The van der Waals surface area contributed by atoms with Crippen molar-refractivity contribution in [3.8, 4) is 11.3 Å². The molecule has 0 fully saturated rings. The average Bonchev–Trinajstić information content (AvgIpc) is 2.77. The van der Waals surface area contributed by atoms with Gasteiger partial charge in [-0.1, -0.05) is 37.3 Å². The van der Waals surface area contributed by atoms with Crippen LogP contribution in [0.3, 0.4) is 0 Å². The van der Waals surface area contributed by atoms with E-state index in [9.17, 15) is 0 Å². The summed E-state index contributed by atoms with van der Waals surface area (Å²) in [6, 6.07) is 11.9. The molecule has 90 valence electrons. The number of imidazole rings is 1. The predicted octanol–water partition coefficient (Wildman–Crippen LogP) is 2.54. The quantitative estimate of drug-likeness (QED) is 0.746. The molecule has 18 heavy (non-hydrogen) atoms. The van der Waals surface area contributed by atoms with E-state index in [4.69, 9.17) is 5.73 Å². The second-order valence-corrected chi connectivity index (χ2v) is 4.15. The van der Waals surface area contributed by atoms with E-state index >= 15 is 0 Å². The van der Waals surface area contributed by atoms with Gasteiger partial charge >= 0.3 is 0 Å². The summed E-state index contributed by atoms with van der Waals surface area (Å²) in [7, 11) is 0. The van der Waals surface area contributed by atoms with E-state index in [2.05, 4.69) is 29.0 Å². The van der Waals surface area contributed by atoms with Gasteiger partial charge in [-0.15, -0.1) is 0 Å². The third-order valence-electron chi connectivity index (χ3n) is 3.00. The first-order valence-corrected chi connectivity index (χ1v) is 5.98. The lowest BCUT2D eigenvalue weighted by molar-refractivity contribution is 0.981. The molecule has 1 aromatic carbocycles. The number of aromatic nitrogens is 3. The molecule has 2 N–H and O–H groups in total. The Morgan fingerprint density at radius 3 is 2.61 bits per heavy atom. The summed E-state index contributed by atoms with van der Waals surface area (Å²) in [4.78, 5) is 8.85. The Balaban J connectivity index is 2.29. The standard InChI is InChI=1S/C14H14N4/c1-2-11-13(10-6-4-3-5-7-10)17-14-16-12(15)8-9-18(11)14/h3-9H,2H2,1H3,(H2,15,16,17). The van der Waals surface area contributed by atoms with Crippen molar-refractivity contribution in [3.63, 3.8) is 0 Å². The summed E-state index contributed by atoms with van der Waals surface area (Å²) in [6.45, 7) is 2.12. The van der Waals surface area contributed by atoms with E-state index in [0.29, 0.717) is 11.6 Å². The van der Waals surface area contributed by atoms with Gasteiger partial charge in [0.1, 0.15) is 5.82 Å². The number of fused-ring (bicyclic) bond motifs is 1. The van der Waals surface area contributed by atoms with Crippen molar-refractivity contribution in [2.75, 3.05) is 5.73 Å². The monoisotopic (exact) mass is 238 g/mol. The van der Waals surface area contributed by atoms with E-state index in [0.717, 1.165) is 23.4 Å². The van der Waals surface area contributed by atoms with Crippen LogP contribution in [0.4, 0.5) is 5.82 Å². The van der Waals surface area contributed by atoms with Crippen LogP contribution in [0.1, 0.15) is 12.6 Å². The number of nitrogen functional groups attached to an aromatic ring is 1. The minimum absolute atomic E-state index is 0.495. The fraction of sp³-hybridized carbons (Fsp3) is 0.143. The summed E-state index contributed by atoms with van der Waals surface area (Å²) in [5.41, 5.74) is 8.95. The summed E-state index contributed by atoms with van der Waals surface area (Å²) in [6.07, 6.45) is 2.83. The predicted molar refractivity (Wildman–Crippen MR) is 72.2 cm³/mol. The van der Waals surface area contributed by atoms with Crippen molar-refractivity contribution in [2.45, 2.75) is 13.3 Å². The minimum atomic E-state index is 0.495. The van der Waals surface area contributed by atoms with Crippen LogP contribution in [0.2, 0.25) is 0 Å². The molecule has 0 unspecified atom stereocenters. The maximum atomic E-state index is 5.70. The molecule has 2 aromatic heterocycles. The van der Waals surface area contributed by atoms with E-state index in [1.807, 2.05) is 28.8 Å². The third-order valence-corrected chi connectivity index (χ3v) is 3.00. The Kier molecular flexibility index (Phi) is 2.48. The Morgan fingerprint density at radius 1 is 1.11 bits per heavy atom. The lowest BCUT2D eigenvalue weighted by Crippen LogP contribution is -1.96. The Bertz CT molecular complexity index is 686. The average molecular weight is 238 g/mol. The highest BCUT2D eigenvalue weighted by Crippen LogP contribution is 2.24. The second kappa shape index (κ2) is 4.14. The molecule has 0 spiro atoms. The van der Waals surface area contributed by atoms with E-state index in [1.165, 1.54) is 0 Å². The number of rotatable bonds is 2. The molecule has 0 saturated carbocycles. The van der Waals surface area contributed by atoms with Crippen LogP contribution in [0.15, 0.2) is 42.6 Å². The summed E-state index contributed by atoms with van der Waals surface area (Å²) < 4.78 is 2.00. The van der Waals surface area contributed by atoms with Gasteiger partial charge in [0.15, 0.2) is 0 Å². The highest BCUT2D eigenvalue weighted by atomic mass is 15.1. The van der Waals surface area contributed by atoms with Crippen LogP contribution < -0.4 is 5.73 Å². The zero-order valence-electron chi connectivity index (χ0n) is 10.2. The number of nitrogens with two attached hydrogens (primary N) is 1. The van der Waals surface area contributed by atoms with Gasteiger partial charge in [-0.05, 0) is 12.5 Å². The van der Waals surface area contributed by atoms with E-state index < -0.39 is 0 Å². The molecule has 0 saturated heterocycles. The molecular formula is C14H14N4. The van der Waals surface area contributed by atoms with Crippen molar-refractivity contribution in [2.24, 2.45) is 0 Å². The van der Waals surface area contributed by atoms with Crippen molar-refractivity contribution in [1.82, 2.24) is 14.4 Å². The van der Waals surface area contributed by atoms with Crippen LogP contribution in [0.25, 0.3) is 17.0 Å². The fourth-order valence-electron chi connectivity index (χ4n) is 2.16. The topological polar surface area (TPSA) is 56.2 Å². The van der Waals surface area contributed by atoms with Crippen LogP contribution in [0, 0.1) is 0 Å².